The third-order valence-electron chi connectivity index (χ3n) is 5.93. The van der Waals surface area contributed by atoms with E-state index in [1.54, 1.807) is 47.5 Å². The highest BCUT2D eigenvalue weighted by molar-refractivity contribution is 7.07. The molecular weight excluding hydrogens is 551 g/mol. The molecular formula is C25H28F3N7O4S. The Bertz CT molecular complexity index is 1490. The van der Waals surface area contributed by atoms with Crippen molar-refractivity contribution in [2.45, 2.75) is 26.6 Å². The van der Waals surface area contributed by atoms with Crippen LogP contribution in [-0.4, -0.2) is 77.5 Å². The molecule has 0 unspecified atom stereocenters. The van der Waals surface area contributed by atoms with Gasteiger partial charge in [-0.2, -0.15) is 18.4 Å². The van der Waals surface area contributed by atoms with E-state index in [0.717, 1.165) is 15.9 Å². The highest BCUT2D eigenvalue weighted by Gasteiger charge is 2.29. The molecule has 2 heterocycles. The maximum absolute atomic E-state index is 12.8. The zero-order valence-electron chi connectivity index (χ0n) is 21.8. The van der Waals surface area contributed by atoms with E-state index in [-0.39, 0.29) is 34.1 Å². The summed E-state index contributed by atoms with van der Waals surface area (Å²) in [7, 11) is 0. The molecule has 0 aliphatic carbocycles. The number of thiazole rings is 1. The third kappa shape index (κ3) is 8.17. The summed E-state index contributed by atoms with van der Waals surface area (Å²) in [4.78, 5) is 52.7. The second-order valence-corrected chi connectivity index (χ2v) is 9.84. The molecule has 1 fully saturated rings. The number of carbonyl (C=O) groups excluding carboxylic acids is 3. The lowest BCUT2D eigenvalue weighted by Crippen LogP contribution is -2.49. The number of piperazine rings is 1. The van der Waals surface area contributed by atoms with Gasteiger partial charge in [0.2, 0.25) is 11.8 Å². The first-order valence-corrected chi connectivity index (χ1v) is 13.1. The number of halogens is 3. The number of nitrogens with zero attached hydrogens (tertiary/aromatic N) is 4. The average Bonchev–Trinajstić information content (AvgIpc) is 3.21. The number of alkyl halides is 3. The molecule has 3 amide bonds. The van der Waals surface area contributed by atoms with E-state index in [4.69, 9.17) is 0 Å². The van der Waals surface area contributed by atoms with Crippen LogP contribution in [0.4, 0.5) is 24.5 Å². The lowest BCUT2D eigenvalue weighted by Gasteiger charge is -2.33. The van der Waals surface area contributed by atoms with Crippen LogP contribution in [0.25, 0.3) is 11.8 Å². The van der Waals surface area contributed by atoms with Crippen LogP contribution in [0.15, 0.2) is 29.1 Å². The molecule has 15 heteroatoms. The number of nitrogens with one attached hydrogen (secondary N) is 3. The number of hydrogen-bond acceptors (Lipinski definition) is 8. The van der Waals surface area contributed by atoms with E-state index in [2.05, 4.69) is 10.6 Å². The molecule has 3 N–H and O–H groups in total. The van der Waals surface area contributed by atoms with Crippen LogP contribution in [0.1, 0.15) is 13.8 Å². The predicted molar refractivity (Wildman–Crippen MR) is 143 cm³/mol. The molecule has 214 valence electrons. The summed E-state index contributed by atoms with van der Waals surface area (Å²) < 4.78 is 38.7. The highest BCUT2D eigenvalue weighted by Crippen LogP contribution is 2.15. The molecule has 0 atom stereocenters. The number of carbonyl (C=O) groups is 3. The monoisotopic (exact) mass is 579 g/mol. The van der Waals surface area contributed by atoms with Crippen molar-refractivity contribution < 1.29 is 27.6 Å². The van der Waals surface area contributed by atoms with Crippen molar-refractivity contribution in [2.24, 2.45) is 0 Å². The van der Waals surface area contributed by atoms with E-state index in [0.29, 0.717) is 37.6 Å². The number of aromatic nitrogens is 1. The lowest BCUT2D eigenvalue weighted by atomic mass is 10.2. The SMILES string of the molecule is CCn1c(=C(C#N)C(=O)NCC(F)(F)F)sc(=CNc2cccc(NC(=O)CN3CCN(C(C)=O)CC3)c2)c1=O. The molecule has 0 bridgehead atoms. The standard InChI is InChI=1S/C25H28F3N7O4S/c1-3-35-23(39)20(40-24(35)19(12-29)22(38)31-15-25(26,27)28)13-30-17-5-4-6-18(11-17)32-21(37)14-33-7-9-34(10-8-33)16(2)36/h4-6,11,13,30H,3,7-10,14-15H2,1-2H3,(H,31,38)(H,32,37). The number of hydrogen-bond donors (Lipinski definition) is 3. The summed E-state index contributed by atoms with van der Waals surface area (Å²) in [5.41, 5.74) is -0.0938. The molecule has 0 saturated carbocycles. The van der Waals surface area contributed by atoms with Crippen LogP contribution in [-0.2, 0) is 20.9 Å². The van der Waals surface area contributed by atoms with Crippen LogP contribution in [0.5, 0.6) is 0 Å². The van der Waals surface area contributed by atoms with Gasteiger partial charge in [-0.25, -0.2) is 0 Å². The zero-order valence-corrected chi connectivity index (χ0v) is 22.6. The van der Waals surface area contributed by atoms with Gasteiger partial charge in [-0.05, 0) is 25.1 Å². The van der Waals surface area contributed by atoms with Gasteiger partial charge in [0.1, 0.15) is 21.8 Å². The van der Waals surface area contributed by atoms with Gasteiger partial charge in [-0.1, -0.05) is 6.07 Å². The average molecular weight is 580 g/mol. The fraction of sp³-hybridized carbons (Fsp3) is 0.400. The van der Waals surface area contributed by atoms with Crippen molar-refractivity contribution in [1.82, 2.24) is 19.7 Å². The van der Waals surface area contributed by atoms with Gasteiger partial charge in [-0.15, -0.1) is 11.3 Å². The molecule has 11 nitrogen and oxygen atoms in total. The van der Waals surface area contributed by atoms with Gasteiger partial charge in [0, 0.05) is 57.2 Å². The molecule has 40 heavy (non-hydrogen) atoms. The first-order chi connectivity index (χ1) is 18.9. The van der Waals surface area contributed by atoms with Gasteiger partial charge >= 0.3 is 6.18 Å². The molecule has 1 aliphatic rings. The van der Waals surface area contributed by atoms with Crippen LogP contribution in [0, 0.1) is 11.3 Å². The minimum Gasteiger partial charge on any atom is -0.360 e. The smallest absolute Gasteiger partial charge is 0.360 e. The molecule has 1 aromatic heterocycles. The van der Waals surface area contributed by atoms with E-state index in [1.165, 1.54) is 13.1 Å². The Morgan fingerprint density at radius 1 is 1.15 bits per heavy atom. The molecule has 3 rings (SSSR count). The predicted octanol–water partition coefficient (Wildman–Crippen LogP) is 0.235. The quantitative estimate of drug-likeness (QED) is 0.407. The topological polar surface area (TPSA) is 140 Å². The first-order valence-electron chi connectivity index (χ1n) is 12.2. The normalized spacial score (nSPS) is 15.3. The van der Waals surface area contributed by atoms with Crippen LogP contribution >= 0.6 is 11.3 Å². The van der Waals surface area contributed by atoms with Gasteiger partial charge in [0.15, 0.2) is 5.57 Å². The number of rotatable bonds is 8. The second kappa shape index (κ2) is 13.3. The third-order valence-corrected chi connectivity index (χ3v) is 7.06. The molecule has 1 aliphatic heterocycles. The van der Waals surface area contributed by atoms with E-state index < -0.39 is 29.8 Å². The van der Waals surface area contributed by atoms with E-state index in [1.807, 2.05) is 4.90 Å². The summed E-state index contributed by atoms with van der Waals surface area (Å²) in [5, 5.41) is 16.8. The van der Waals surface area contributed by atoms with Gasteiger partial charge < -0.3 is 20.9 Å². The maximum atomic E-state index is 12.8. The van der Waals surface area contributed by atoms with Crippen molar-refractivity contribution in [2.75, 3.05) is 49.9 Å². The highest BCUT2D eigenvalue weighted by atomic mass is 32.1. The Labute approximate surface area is 231 Å². The number of anilines is 2. The number of benzene rings is 1. The van der Waals surface area contributed by atoms with E-state index >= 15 is 0 Å². The fourth-order valence-electron chi connectivity index (χ4n) is 3.92. The van der Waals surface area contributed by atoms with Crippen LogP contribution in [0.3, 0.4) is 0 Å². The summed E-state index contributed by atoms with van der Waals surface area (Å²) >= 11 is 0.791. The molecule has 0 spiro atoms. The van der Waals surface area contributed by atoms with Crippen LogP contribution in [0.2, 0.25) is 0 Å². The molecule has 2 aromatic rings. The van der Waals surface area contributed by atoms with Crippen molar-refractivity contribution in [3.05, 3.63) is 43.8 Å². The zero-order chi connectivity index (χ0) is 29.4. The summed E-state index contributed by atoms with van der Waals surface area (Å²) in [5.74, 6) is -1.45. The van der Waals surface area contributed by atoms with Crippen molar-refractivity contribution >= 4 is 52.2 Å². The number of nitriles is 1. The minimum absolute atomic E-state index is 0.00710. The Morgan fingerprint density at radius 2 is 1.82 bits per heavy atom. The Morgan fingerprint density at radius 3 is 2.42 bits per heavy atom. The van der Waals surface area contributed by atoms with Crippen LogP contribution < -0.4 is 30.7 Å². The molecule has 1 saturated heterocycles. The van der Waals surface area contributed by atoms with Crippen molar-refractivity contribution in [3.63, 3.8) is 0 Å². The molecule has 0 radical (unpaired) electrons. The Kier molecular flexibility index (Phi) is 10.1. The summed E-state index contributed by atoms with van der Waals surface area (Å²) in [6.07, 6.45) is -3.29. The maximum Gasteiger partial charge on any atom is 0.405 e. The lowest BCUT2D eigenvalue weighted by molar-refractivity contribution is -0.135. The van der Waals surface area contributed by atoms with Crippen molar-refractivity contribution in [1.29, 1.82) is 5.26 Å². The van der Waals surface area contributed by atoms with Gasteiger partial charge in [-0.3, -0.25) is 28.6 Å². The van der Waals surface area contributed by atoms with E-state index in [9.17, 15) is 37.6 Å². The number of amides is 3. The Hall–Kier alpha value is -4.16. The largest absolute Gasteiger partial charge is 0.405 e. The molecule has 1 aromatic carbocycles. The van der Waals surface area contributed by atoms with Gasteiger partial charge in [0.05, 0.1) is 6.54 Å². The first kappa shape index (κ1) is 30.4. The van der Waals surface area contributed by atoms with Crippen molar-refractivity contribution in [3.8, 4) is 6.07 Å². The fourth-order valence-corrected chi connectivity index (χ4v) is 5.00. The Balaban J connectivity index is 1.74. The van der Waals surface area contributed by atoms with Gasteiger partial charge in [0.25, 0.3) is 11.5 Å². The summed E-state index contributed by atoms with van der Waals surface area (Å²) in [6, 6.07) is 8.32. The minimum atomic E-state index is -4.65. The summed E-state index contributed by atoms with van der Waals surface area (Å²) in [6.45, 7) is 4.07. The second-order valence-electron chi connectivity index (χ2n) is 8.81.